The summed E-state index contributed by atoms with van der Waals surface area (Å²) in [6, 6.07) is 7.41. The molecule has 5 heteroatoms. The Labute approximate surface area is 118 Å². The molecule has 1 aromatic carbocycles. The van der Waals surface area contributed by atoms with Crippen molar-refractivity contribution in [1.29, 1.82) is 0 Å². The van der Waals surface area contributed by atoms with Crippen LogP contribution in [0.4, 0.5) is 8.78 Å². The van der Waals surface area contributed by atoms with Gasteiger partial charge in [-0.3, -0.25) is 0 Å². The predicted octanol–water partition coefficient (Wildman–Crippen LogP) is 3.51. The summed E-state index contributed by atoms with van der Waals surface area (Å²) in [6.45, 7) is -0.704. The number of halogens is 2. The van der Waals surface area contributed by atoms with E-state index in [9.17, 15) is 8.78 Å². The highest BCUT2D eigenvalue weighted by Crippen LogP contribution is 2.25. The second-order valence-electron chi connectivity index (χ2n) is 5.20. The third kappa shape index (κ3) is 4.15. The van der Waals surface area contributed by atoms with Crippen molar-refractivity contribution in [3.8, 4) is 5.75 Å². The molecule has 0 saturated heterocycles. The average Bonchev–Trinajstić information content (AvgIpc) is 2.86. The highest BCUT2D eigenvalue weighted by Gasteiger charge is 2.25. The van der Waals surface area contributed by atoms with E-state index in [1.165, 1.54) is 0 Å². The van der Waals surface area contributed by atoms with Crippen molar-refractivity contribution in [2.75, 3.05) is 7.11 Å². The Bertz CT molecular complexity index is 411. The van der Waals surface area contributed by atoms with Crippen LogP contribution >= 0.6 is 0 Å². The monoisotopic (exact) mass is 285 g/mol. The number of rotatable bonds is 6. The van der Waals surface area contributed by atoms with E-state index in [0.29, 0.717) is 12.1 Å². The molecule has 0 amide bonds. The van der Waals surface area contributed by atoms with Crippen LogP contribution in [0.5, 0.6) is 5.75 Å². The molecule has 3 nitrogen and oxygen atoms in total. The van der Waals surface area contributed by atoms with E-state index in [4.69, 9.17) is 4.74 Å². The lowest BCUT2D eigenvalue weighted by atomic mass is 10.1. The minimum absolute atomic E-state index is 0.177. The molecular formula is C15H21F2NO2. The van der Waals surface area contributed by atoms with Crippen molar-refractivity contribution in [2.45, 2.75) is 51.0 Å². The normalized spacial score (nSPS) is 24.1. The molecule has 1 fully saturated rings. The summed E-state index contributed by atoms with van der Waals surface area (Å²) in [6.07, 6.45) is 3.56. The largest absolute Gasteiger partial charge is 0.435 e. The Morgan fingerprint density at radius 1 is 1.20 bits per heavy atom. The van der Waals surface area contributed by atoms with Gasteiger partial charge in [0.15, 0.2) is 0 Å². The minimum atomic E-state index is -2.78. The number of alkyl halides is 2. The zero-order valence-corrected chi connectivity index (χ0v) is 11.8. The van der Waals surface area contributed by atoms with Crippen LogP contribution in [-0.2, 0) is 4.74 Å². The fourth-order valence-electron chi connectivity index (χ4n) is 2.69. The fourth-order valence-corrected chi connectivity index (χ4v) is 2.69. The number of benzene rings is 1. The van der Waals surface area contributed by atoms with Crippen LogP contribution in [0.15, 0.2) is 24.3 Å². The first-order chi connectivity index (χ1) is 9.58. The van der Waals surface area contributed by atoms with Crippen molar-refractivity contribution < 1.29 is 18.3 Å². The van der Waals surface area contributed by atoms with Gasteiger partial charge in [0.1, 0.15) is 5.75 Å². The lowest BCUT2D eigenvalue weighted by Gasteiger charge is -2.20. The molecule has 1 aliphatic rings. The van der Waals surface area contributed by atoms with Gasteiger partial charge >= 0.3 is 6.61 Å². The summed E-state index contributed by atoms with van der Waals surface area (Å²) in [5.74, 6) is 0.191. The summed E-state index contributed by atoms with van der Waals surface area (Å²) >= 11 is 0. The number of methoxy groups -OCH3 is 1. The van der Waals surface area contributed by atoms with Crippen LogP contribution in [0.1, 0.15) is 37.8 Å². The van der Waals surface area contributed by atoms with E-state index in [1.807, 2.05) is 12.1 Å². The standard InChI is InChI=1S/C15H21F2NO2/c1-10(18-12-5-8-14(9-12)19-2)11-3-6-13(7-4-11)20-15(16)17/h3-4,6-7,10,12,14-15,18H,5,8-9H2,1-2H3. The maximum Gasteiger partial charge on any atom is 0.387 e. The number of hydrogen-bond donors (Lipinski definition) is 1. The molecule has 0 bridgehead atoms. The van der Waals surface area contributed by atoms with Crippen LogP contribution in [0.25, 0.3) is 0 Å². The summed E-state index contributed by atoms with van der Waals surface area (Å²) < 4.78 is 33.8. The van der Waals surface area contributed by atoms with Crippen molar-refractivity contribution in [1.82, 2.24) is 5.32 Å². The highest BCUT2D eigenvalue weighted by atomic mass is 19.3. The molecule has 1 aliphatic carbocycles. The first kappa shape index (κ1) is 15.2. The number of ether oxygens (including phenoxy) is 2. The molecular weight excluding hydrogens is 264 g/mol. The second kappa shape index (κ2) is 6.99. The van der Waals surface area contributed by atoms with Gasteiger partial charge < -0.3 is 14.8 Å². The third-order valence-corrected chi connectivity index (χ3v) is 3.81. The van der Waals surface area contributed by atoms with E-state index in [-0.39, 0.29) is 11.8 Å². The number of nitrogens with one attached hydrogen (secondary N) is 1. The predicted molar refractivity (Wildman–Crippen MR) is 73.1 cm³/mol. The van der Waals surface area contributed by atoms with Crippen molar-refractivity contribution in [3.63, 3.8) is 0 Å². The van der Waals surface area contributed by atoms with Crippen LogP contribution in [0, 0.1) is 0 Å². The van der Waals surface area contributed by atoms with Gasteiger partial charge in [-0.2, -0.15) is 8.78 Å². The third-order valence-electron chi connectivity index (χ3n) is 3.81. The zero-order valence-electron chi connectivity index (χ0n) is 11.8. The van der Waals surface area contributed by atoms with Gasteiger partial charge in [0.05, 0.1) is 6.10 Å². The molecule has 1 aromatic rings. The molecule has 0 aromatic heterocycles. The molecule has 3 atom stereocenters. The van der Waals surface area contributed by atoms with E-state index in [2.05, 4.69) is 17.0 Å². The Balaban J connectivity index is 1.87. The molecule has 1 saturated carbocycles. The molecule has 0 radical (unpaired) electrons. The van der Waals surface area contributed by atoms with Gasteiger partial charge in [-0.15, -0.1) is 0 Å². The lowest BCUT2D eigenvalue weighted by molar-refractivity contribution is -0.0498. The Hall–Kier alpha value is -1.20. The molecule has 0 spiro atoms. The first-order valence-electron chi connectivity index (χ1n) is 6.92. The maximum absolute atomic E-state index is 12.1. The van der Waals surface area contributed by atoms with Crippen LogP contribution < -0.4 is 10.1 Å². The van der Waals surface area contributed by atoms with Gasteiger partial charge in [0.2, 0.25) is 0 Å². The molecule has 112 valence electrons. The van der Waals surface area contributed by atoms with E-state index in [1.54, 1.807) is 19.2 Å². The van der Waals surface area contributed by atoms with Crippen LogP contribution in [-0.4, -0.2) is 25.9 Å². The molecule has 2 rings (SSSR count). The Morgan fingerprint density at radius 3 is 2.45 bits per heavy atom. The van der Waals surface area contributed by atoms with E-state index >= 15 is 0 Å². The summed E-state index contributed by atoms with van der Waals surface area (Å²) in [4.78, 5) is 0. The highest BCUT2D eigenvalue weighted by molar-refractivity contribution is 5.29. The van der Waals surface area contributed by atoms with Gasteiger partial charge in [-0.25, -0.2) is 0 Å². The van der Waals surface area contributed by atoms with Gasteiger partial charge in [-0.1, -0.05) is 12.1 Å². The van der Waals surface area contributed by atoms with Crippen LogP contribution in [0.2, 0.25) is 0 Å². The van der Waals surface area contributed by atoms with Gasteiger partial charge in [0, 0.05) is 19.2 Å². The van der Waals surface area contributed by atoms with Gasteiger partial charge in [0.25, 0.3) is 0 Å². The SMILES string of the molecule is COC1CCC(NC(C)c2ccc(OC(F)F)cc2)C1. The molecule has 1 N–H and O–H groups in total. The van der Waals surface area contributed by atoms with Gasteiger partial charge in [-0.05, 0) is 43.9 Å². The number of hydrogen-bond acceptors (Lipinski definition) is 3. The molecule has 3 unspecified atom stereocenters. The lowest BCUT2D eigenvalue weighted by Crippen LogP contribution is -2.29. The van der Waals surface area contributed by atoms with Crippen molar-refractivity contribution in [3.05, 3.63) is 29.8 Å². The summed E-state index contributed by atoms with van der Waals surface area (Å²) in [5.41, 5.74) is 1.06. The fraction of sp³-hybridized carbons (Fsp3) is 0.600. The van der Waals surface area contributed by atoms with Crippen molar-refractivity contribution >= 4 is 0 Å². The zero-order chi connectivity index (χ0) is 14.5. The molecule has 0 heterocycles. The van der Waals surface area contributed by atoms with E-state index < -0.39 is 6.61 Å². The van der Waals surface area contributed by atoms with Crippen molar-refractivity contribution in [2.24, 2.45) is 0 Å². The molecule has 20 heavy (non-hydrogen) atoms. The first-order valence-corrected chi connectivity index (χ1v) is 6.92. The topological polar surface area (TPSA) is 30.5 Å². The minimum Gasteiger partial charge on any atom is -0.435 e. The van der Waals surface area contributed by atoms with E-state index in [0.717, 1.165) is 24.8 Å². The molecule has 0 aliphatic heterocycles. The Morgan fingerprint density at radius 2 is 1.90 bits per heavy atom. The Kier molecular flexibility index (Phi) is 5.31. The van der Waals surface area contributed by atoms with Crippen LogP contribution in [0.3, 0.4) is 0 Å². The maximum atomic E-state index is 12.1. The summed E-state index contributed by atoms with van der Waals surface area (Å²) in [7, 11) is 1.75. The quantitative estimate of drug-likeness (QED) is 0.867. The smallest absolute Gasteiger partial charge is 0.387 e. The average molecular weight is 285 g/mol. The second-order valence-corrected chi connectivity index (χ2v) is 5.20. The summed E-state index contributed by atoms with van der Waals surface area (Å²) in [5, 5.41) is 3.55.